The lowest BCUT2D eigenvalue weighted by molar-refractivity contribution is 0.0350. The molecule has 0 radical (unpaired) electrons. The minimum absolute atomic E-state index is 0.512. The van der Waals surface area contributed by atoms with Gasteiger partial charge >= 0.3 is 0 Å². The SMILES string of the molecule is Cc1cc(CN)cnc1N1CCC(C)(O)CC1. The van der Waals surface area contributed by atoms with E-state index < -0.39 is 5.60 Å². The van der Waals surface area contributed by atoms with E-state index in [0.29, 0.717) is 6.54 Å². The zero-order valence-electron chi connectivity index (χ0n) is 10.6. The summed E-state index contributed by atoms with van der Waals surface area (Å²) in [7, 11) is 0. The molecule has 2 rings (SSSR count). The highest BCUT2D eigenvalue weighted by Crippen LogP contribution is 2.26. The van der Waals surface area contributed by atoms with Crippen molar-refractivity contribution in [1.29, 1.82) is 0 Å². The fraction of sp³-hybridized carbons (Fsp3) is 0.615. The molecule has 1 aromatic rings. The van der Waals surface area contributed by atoms with Gasteiger partial charge in [-0.15, -0.1) is 0 Å². The van der Waals surface area contributed by atoms with Gasteiger partial charge in [0, 0.05) is 25.8 Å². The predicted octanol–water partition coefficient (Wildman–Crippen LogP) is 1.20. The molecule has 0 spiro atoms. The van der Waals surface area contributed by atoms with Gasteiger partial charge in [0.25, 0.3) is 0 Å². The van der Waals surface area contributed by atoms with Crippen molar-refractivity contribution < 1.29 is 5.11 Å². The Morgan fingerprint density at radius 2 is 2.12 bits per heavy atom. The number of nitrogens with two attached hydrogens (primary N) is 1. The van der Waals surface area contributed by atoms with Gasteiger partial charge in [0.05, 0.1) is 5.60 Å². The highest BCUT2D eigenvalue weighted by molar-refractivity contribution is 5.47. The summed E-state index contributed by atoms with van der Waals surface area (Å²) in [4.78, 5) is 6.73. The molecule has 94 valence electrons. The second-order valence-corrected chi connectivity index (χ2v) is 5.17. The molecule has 4 nitrogen and oxygen atoms in total. The van der Waals surface area contributed by atoms with Crippen LogP contribution in [0.15, 0.2) is 12.3 Å². The molecule has 0 bridgehead atoms. The standard InChI is InChI=1S/C13H21N3O/c1-10-7-11(8-14)9-15-12(10)16-5-3-13(2,17)4-6-16/h7,9,17H,3-6,8,14H2,1-2H3. The van der Waals surface area contributed by atoms with Crippen molar-refractivity contribution in [2.45, 2.75) is 38.8 Å². The van der Waals surface area contributed by atoms with Crippen LogP contribution in [0, 0.1) is 6.92 Å². The van der Waals surface area contributed by atoms with Crippen LogP contribution in [0.4, 0.5) is 5.82 Å². The van der Waals surface area contributed by atoms with Gasteiger partial charge in [0.2, 0.25) is 0 Å². The Labute approximate surface area is 102 Å². The molecule has 0 unspecified atom stereocenters. The van der Waals surface area contributed by atoms with Crippen LogP contribution in [0.25, 0.3) is 0 Å². The summed E-state index contributed by atoms with van der Waals surface area (Å²) in [5, 5.41) is 9.93. The van der Waals surface area contributed by atoms with Crippen LogP contribution in [0.2, 0.25) is 0 Å². The smallest absolute Gasteiger partial charge is 0.131 e. The van der Waals surface area contributed by atoms with Gasteiger partial charge in [-0.05, 0) is 43.9 Å². The molecular formula is C13H21N3O. The molecule has 0 aliphatic carbocycles. The number of aliphatic hydroxyl groups is 1. The van der Waals surface area contributed by atoms with Crippen molar-refractivity contribution in [1.82, 2.24) is 4.98 Å². The van der Waals surface area contributed by atoms with Crippen molar-refractivity contribution >= 4 is 5.82 Å². The Morgan fingerprint density at radius 1 is 1.47 bits per heavy atom. The number of anilines is 1. The lowest BCUT2D eigenvalue weighted by Crippen LogP contribution is -2.43. The van der Waals surface area contributed by atoms with Crippen molar-refractivity contribution in [3.05, 3.63) is 23.4 Å². The van der Waals surface area contributed by atoms with Crippen LogP contribution >= 0.6 is 0 Å². The Morgan fingerprint density at radius 3 is 2.65 bits per heavy atom. The van der Waals surface area contributed by atoms with E-state index in [0.717, 1.165) is 42.9 Å². The highest BCUT2D eigenvalue weighted by Gasteiger charge is 2.28. The monoisotopic (exact) mass is 235 g/mol. The topological polar surface area (TPSA) is 62.4 Å². The summed E-state index contributed by atoms with van der Waals surface area (Å²) in [5.74, 6) is 1.03. The second kappa shape index (κ2) is 4.63. The molecule has 1 aromatic heterocycles. The summed E-state index contributed by atoms with van der Waals surface area (Å²) in [6.07, 6.45) is 3.44. The van der Waals surface area contributed by atoms with Crippen LogP contribution in [0.3, 0.4) is 0 Å². The first-order chi connectivity index (χ1) is 8.02. The van der Waals surface area contributed by atoms with Gasteiger partial charge in [-0.3, -0.25) is 0 Å². The highest BCUT2D eigenvalue weighted by atomic mass is 16.3. The third-order valence-corrected chi connectivity index (χ3v) is 3.48. The molecule has 0 atom stereocenters. The Balaban J connectivity index is 2.13. The number of rotatable bonds is 2. The molecular weight excluding hydrogens is 214 g/mol. The van der Waals surface area contributed by atoms with E-state index in [2.05, 4.69) is 22.9 Å². The third kappa shape index (κ3) is 2.76. The summed E-state index contributed by atoms with van der Waals surface area (Å²) in [6.45, 7) is 6.23. The molecule has 0 saturated carbocycles. The number of pyridine rings is 1. The average molecular weight is 235 g/mol. The largest absolute Gasteiger partial charge is 0.390 e. The van der Waals surface area contributed by atoms with Gasteiger partial charge in [-0.2, -0.15) is 0 Å². The Hall–Kier alpha value is -1.13. The van der Waals surface area contributed by atoms with E-state index in [1.165, 1.54) is 0 Å². The minimum Gasteiger partial charge on any atom is -0.390 e. The molecule has 4 heteroatoms. The van der Waals surface area contributed by atoms with E-state index in [4.69, 9.17) is 5.73 Å². The number of piperidine rings is 1. The summed E-state index contributed by atoms with van der Waals surface area (Å²) >= 11 is 0. The first-order valence-corrected chi connectivity index (χ1v) is 6.15. The van der Waals surface area contributed by atoms with E-state index in [1.807, 2.05) is 13.1 Å². The van der Waals surface area contributed by atoms with E-state index >= 15 is 0 Å². The van der Waals surface area contributed by atoms with Crippen LogP contribution in [-0.4, -0.2) is 28.8 Å². The molecule has 1 saturated heterocycles. The molecule has 1 aliphatic heterocycles. The van der Waals surface area contributed by atoms with Gasteiger partial charge in [0.1, 0.15) is 5.82 Å². The summed E-state index contributed by atoms with van der Waals surface area (Å²) < 4.78 is 0. The van der Waals surface area contributed by atoms with E-state index in [1.54, 1.807) is 0 Å². The quantitative estimate of drug-likeness (QED) is 0.808. The number of aromatic nitrogens is 1. The first-order valence-electron chi connectivity index (χ1n) is 6.15. The first kappa shape index (κ1) is 12.3. The van der Waals surface area contributed by atoms with Crippen LogP contribution in [0.1, 0.15) is 30.9 Å². The molecule has 1 aliphatic rings. The van der Waals surface area contributed by atoms with Crippen LogP contribution < -0.4 is 10.6 Å². The number of nitrogens with zero attached hydrogens (tertiary/aromatic N) is 2. The van der Waals surface area contributed by atoms with E-state index in [-0.39, 0.29) is 0 Å². The molecule has 0 aromatic carbocycles. The van der Waals surface area contributed by atoms with Crippen LogP contribution in [0.5, 0.6) is 0 Å². The fourth-order valence-electron chi connectivity index (χ4n) is 2.27. The fourth-order valence-corrected chi connectivity index (χ4v) is 2.27. The zero-order chi connectivity index (χ0) is 12.5. The van der Waals surface area contributed by atoms with Gasteiger partial charge in [-0.1, -0.05) is 0 Å². The van der Waals surface area contributed by atoms with Crippen LogP contribution in [-0.2, 0) is 6.54 Å². The number of aryl methyl sites for hydroxylation is 1. The Bertz CT molecular complexity index is 394. The maximum absolute atomic E-state index is 9.93. The third-order valence-electron chi connectivity index (χ3n) is 3.48. The maximum atomic E-state index is 9.93. The summed E-state index contributed by atoms with van der Waals surface area (Å²) in [6, 6.07) is 2.09. The lowest BCUT2D eigenvalue weighted by atomic mass is 9.93. The van der Waals surface area contributed by atoms with Crippen molar-refractivity contribution in [3.63, 3.8) is 0 Å². The van der Waals surface area contributed by atoms with Crippen molar-refractivity contribution in [2.24, 2.45) is 5.73 Å². The van der Waals surface area contributed by atoms with E-state index in [9.17, 15) is 5.11 Å². The molecule has 3 N–H and O–H groups in total. The van der Waals surface area contributed by atoms with Gasteiger partial charge in [0.15, 0.2) is 0 Å². The van der Waals surface area contributed by atoms with Crippen molar-refractivity contribution in [2.75, 3.05) is 18.0 Å². The number of hydrogen-bond donors (Lipinski definition) is 2. The van der Waals surface area contributed by atoms with Crippen molar-refractivity contribution in [3.8, 4) is 0 Å². The second-order valence-electron chi connectivity index (χ2n) is 5.17. The Kier molecular flexibility index (Phi) is 3.35. The maximum Gasteiger partial charge on any atom is 0.131 e. The predicted molar refractivity (Wildman–Crippen MR) is 68.9 cm³/mol. The van der Waals surface area contributed by atoms with Gasteiger partial charge < -0.3 is 15.7 Å². The molecule has 1 fully saturated rings. The molecule has 17 heavy (non-hydrogen) atoms. The molecule has 2 heterocycles. The normalized spacial score (nSPS) is 19.4. The average Bonchev–Trinajstić information content (AvgIpc) is 2.29. The zero-order valence-corrected chi connectivity index (χ0v) is 10.6. The lowest BCUT2D eigenvalue weighted by Gasteiger charge is -2.37. The van der Waals surface area contributed by atoms with Gasteiger partial charge in [-0.25, -0.2) is 4.98 Å². The minimum atomic E-state index is -0.512. The number of hydrogen-bond acceptors (Lipinski definition) is 4. The molecule has 0 amide bonds. The summed E-state index contributed by atoms with van der Waals surface area (Å²) in [5.41, 5.74) is 7.31.